The summed E-state index contributed by atoms with van der Waals surface area (Å²) in [6.07, 6.45) is 1.89. The standard InChI is InChI=1S/C22H23NO5/c1-23(2)19-10-8-17(9-11-19)20(25)27-15-22(14-24)13-18(21(26)28-22)12-16-6-4-3-5-7-16/h3-12,24H,13-15H2,1-2H3/b18-12-. The maximum Gasteiger partial charge on any atom is 0.338 e. The number of hydrogen-bond acceptors (Lipinski definition) is 6. The van der Waals surface area contributed by atoms with Gasteiger partial charge in [-0.3, -0.25) is 0 Å². The lowest BCUT2D eigenvalue weighted by Gasteiger charge is -2.24. The third kappa shape index (κ3) is 4.40. The van der Waals surface area contributed by atoms with E-state index in [1.165, 1.54) is 0 Å². The van der Waals surface area contributed by atoms with Crippen LogP contribution in [-0.2, 0) is 14.3 Å². The molecule has 0 spiro atoms. The van der Waals surface area contributed by atoms with Gasteiger partial charge in [-0.1, -0.05) is 30.3 Å². The number of carbonyl (C=O) groups excluding carboxylic acids is 2. The summed E-state index contributed by atoms with van der Waals surface area (Å²) in [5, 5.41) is 9.80. The molecule has 2 aromatic rings. The lowest BCUT2D eigenvalue weighted by molar-refractivity contribution is -0.154. The van der Waals surface area contributed by atoms with E-state index in [1.54, 1.807) is 18.2 Å². The second-order valence-corrected chi connectivity index (χ2v) is 7.01. The molecule has 1 atom stereocenters. The molecule has 1 N–H and O–H groups in total. The van der Waals surface area contributed by atoms with Crippen molar-refractivity contribution in [3.63, 3.8) is 0 Å². The van der Waals surface area contributed by atoms with Crippen LogP contribution in [0.2, 0.25) is 0 Å². The number of cyclic esters (lactones) is 1. The van der Waals surface area contributed by atoms with Crippen LogP contribution in [-0.4, -0.2) is 50.0 Å². The summed E-state index contributed by atoms with van der Waals surface area (Å²) in [4.78, 5) is 26.5. The van der Waals surface area contributed by atoms with Crippen molar-refractivity contribution in [3.05, 3.63) is 71.3 Å². The molecular formula is C22H23NO5. The number of esters is 2. The Morgan fingerprint density at radius 1 is 1.18 bits per heavy atom. The molecule has 0 aliphatic carbocycles. The SMILES string of the molecule is CN(C)c1ccc(C(=O)OCC2(CO)C/C(=C/c3ccccc3)C(=O)O2)cc1. The predicted molar refractivity (Wildman–Crippen MR) is 106 cm³/mol. The number of ether oxygens (including phenoxy) is 2. The third-order valence-electron chi connectivity index (χ3n) is 4.60. The summed E-state index contributed by atoms with van der Waals surface area (Å²) in [6, 6.07) is 16.3. The molecule has 28 heavy (non-hydrogen) atoms. The summed E-state index contributed by atoms with van der Waals surface area (Å²) in [7, 11) is 3.82. The van der Waals surface area contributed by atoms with Gasteiger partial charge in [0.25, 0.3) is 0 Å². The predicted octanol–water partition coefficient (Wildman–Crippen LogP) is 2.67. The maximum atomic E-state index is 12.3. The van der Waals surface area contributed by atoms with E-state index in [4.69, 9.17) is 9.47 Å². The van der Waals surface area contributed by atoms with Crippen LogP contribution < -0.4 is 4.90 Å². The second-order valence-electron chi connectivity index (χ2n) is 7.01. The normalized spacial score (nSPS) is 20.1. The minimum Gasteiger partial charge on any atom is -0.458 e. The first-order chi connectivity index (χ1) is 13.4. The van der Waals surface area contributed by atoms with Crippen molar-refractivity contribution in [2.24, 2.45) is 0 Å². The molecule has 1 heterocycles. The van der Waals surface area contributed by atoms with Gasteiger partial charge >= 0.3 is 11.9 Å². The fraction of sp³-hybridized carbons (Fsp3) is 0.273. The van der Waals surface area contributed by atoms with E-state index in [1.807, 2.05) is 61.5 Å². The topological polar surface area (TPSA) is 76.1 Å². The number of hydrogen-bond donors (Lipinski definition) is 1. The summed E-state index contributed by atoms with van der Waals surface area (Å²) in [5.74, 6) is -1.04. The van der Waals surface area contributed by atoms with Crippen LogP contribution >= 0.6 is 0 Å². The van der Waals surface area contributed by atoms with Crippen LogP contribution in [0.25, 0.3) is 6.08 Å². The van der Waals surface area contributed by atoms with Crippen molar-refractivity contribution < 1.29 is 24.2 Å². The fourth-order valence-electron chi connectivity index (χ4n) is 2.97. The first kappa shape index (κ1) is 19.6. The van der Waals surface area contributed by atoms with Crippen LogP contribution in [0.4, 0.5) is 5.69 Å². The Labute approximate surface area is 164 Å². The smallest absolute Gasteiger partial charge is 0.338 e. The van der Waals surface area contributed by atoms with Gasteiger partial charge in [-0.05, 0) is 35.9 Å². The van der Waals surface area contributed by atoms with Gasteiger partial charge in [0.15, 0.2) is 5.60 Å². The summed E-state index contributed by atoms with van der Waals surface area (Å²) in [5.41, 5.74) is 1.40. The van der Waals surface area contributed by atoms with Crippen molar-refractivity contribution in [1.29, 1.82) is 0 Å². The van der Waals surface area contributed by atoms with E-state index in [-0.39, 0.29) is 13.0 Å². The molecule has 0 radical (unpaired) electrons. The molecule has 1 aliphatic heterocycles. The molecular weight excluding hydrogens is 358 g/mol. The van der Waals surface area contributed by atoms with E-state index in [0.717, 1.165) is 11.3 Å². The number of aliphatic hydroxyl groups is 1. The van der Waals surface area contributed by atoms with E-state index in [2.05, 4.69) is 0 Å². The molecule has 6 nitrogen and oxygen atoms in total. The molecule has 0 amide bonds. The third-order valence-corrected chi connectivity index (χ3v) is 4.60. The highest BCUT2D eigenvalue weighted by atomic mass is 16.6. The van der Waals surface area contributed by atoms with Crippen molar-refractivity contribution in [3.8, 4) is 0 Å². The molecule has 146 valence electrons. The number of benzene rings is 2. The first-order valence-corrected chi connectivity index (χ1v) is 8.97. The zero-order valence-electron chi connectivity index (χ0n) is 15.9. The summed E-state index contributed by atoms with van der Waals surface area (Å²) in [6.45, 7) is -0.645. The zero-order valence-corrected chi connectivity index (χ0v) is 15.9. The highest BCUT2D eigenvalue weighted by Gasteiger charge is 2.44. The summed E-state index contributed by atoms with van der Waals surface area (Å²) >= 11 is 0. The van der Waals surface area contributed by atoms with Gasteiger partial charge in [0.1, 0.15) is 6.61 Å². The molecule has 3 rings (SSSR count). The maximum absolute atomic E-state index is 12.3. The molecule has 1 fully saturated rings. The molecule has 0 saturated carbocycles. The van der Waals surface area contributed by atoms with Gasteiger partial charge in [0.05, 0.1) is 12.2 Å². The van der Waals surface area contributed by atoms with Crippen molar-refractivity contribution in [2.75, 3.05) is 32.2 Å². The van der Waals surface area contributed by atoms with Crippen molar-refractivity contribution >= 4 is 23.7 Å². The van der Waals surface area contributed by atoms with Gasteiger partial charge < -0.3 is 19.5 Å². The Bertz CT molecular complexity index is 874. The van der Waals surface area contributed by atoms with Gasteiger partial charge in [0, 0.05) is 31.8 Å². The van der Waals surface area contributed by atoms with E-state index < -0.39 is 24.1 Å². The Morgan fingerprint density at radius 3 is 2.46 bits per heavy atom. The van der Waals surface area contributed by atoms with Crippen LogP contribution in [0.5, 0.6) is 0 Å². The molecule has 0 bridgehead atoms. The van der Waals surface area contributed by atoms with Gasteiger partial charge in [-0.25, -0.2) is 9.59 Å². The molecule has 6 heteroatoms. The Balaban J connectivity index is 1.67. The fourth-order valence-corrected chi connectivity index (χ4v) is 2.97. The van der Waals surface area contributed by atoms with Gasteiger partial charge in [0.2, 0.25) is 0 Å². The zero-order chi connectivity index (χ0) is 20.1. The van der Waals surface area contributed by atoms with Crippen LogP contribution in [0, 0.1) is 0 Å². The number of rotatable bonds is 6. The second kappa shape index (κ2) is 8.27. The number of anilines is 1. The minimum absolute atomic E-state index is 0.171. The average Bonchev–Trinajstić information content (AvgIpc) is 3.03. The molecule has 0 aromatic heterocycles. The molecule has 1 aliphatic rings. The highest BCUT2D eigenvalue weighted by Crippen LogP contribution is 2.32. The largest absolute Gasteiger partial charge is 0.458 e. The Hall–Kier alpha value is -3.12. The van der Waals surface area contributed by atoms with E-state index >= 15 is 0 Å². The van der Waals surface area contributed by atoms with E-state index in [0.29, 0.717) is 11.1 Å². The van der Waals surface area contributed by atoms with Crippen LogP contribution in [0.3, 0.4) is 0 Å². The highest BCUT2D eigenvalue weighted by molar-refractivity contribution is 5.96. The quantitative estimate of drug-likeness (QED) is 0.612. The Kier molecular flexibility index (Phi) is 5.80. The number of aliphatic hydroxyl groups excluding tert-OH is 1. The van der Waals surface area contributed by atoms with E-state index in [9.17, 15) is 14.7 Å². The average molecular weight is 381 g/mol. The number of carbonyl (C=O) groups is 2. The lowest BCUT2D eigenvalue weighted by atomic mass is 9.98. The van der Waals surface area contributed by atoms with Gasteiger partial charge in [-0.2, -0.15) is 0 Å². The van der Waals surface area contributed by atoms with Crippen LogP contribution in [0.1, 0.15) is 22.3 Å². The number of nitrogens with zero attached hydrogens (tertiary/aromatic N) is 1. The van der Waals surface area contributed by atoms with Crippen molar-refractivity contribution in [2.45, 2.75) is 12.0 Å². The molecule has 1 unspecified atom stereocenters. The lowest BCUT2D eigenvalue weighted by Crippen LogP contribution is -2.39. The Morgan fingerprint density at radius 2 is 1.86 bits per heavy atom. The van der Waals surface area contributed by atoms with Crippen LogP contribution in [0.15, 0.2) is 60.2 Å². The minimum atomic E-state index is -1.25. The first-order valence-electron chi connectivity index (χ1n) is 8.97. The monoisotopic (exact) mass is 381 g/mol. The molecule has 2 aromatic carbocycles. The molecule has 1 saturated heterocycles. The van der Waals surface area contributed by atoms with Crippen molar-refractivity contribution in [1.82, 2.24) is 0 Å². The summed E-state index contributed by atoms with van der Waals surface area (Å²) < 4.78 is 10.7. The van der Waals surface area contributed by atoms with Gasteiger partial charge in [-0.15, -0.1) is 0 Å².